The molecule has 4 unspecified atom stereocenters. The van der Waals surface area contributed by atoms with Crippen LogP contribution in [0.1, 0.15) is 50.0 Å². The van der Waals surface area contributed by atoms with Crippen LogP contribution in [0.3, 0.4) is 0 Å². The summed E-state index contributed by atoms with van der Waals surface area (Å²) in [6.07, 6.45) is 8.30. The van der Waals surface area contributed by atoms with Gasteiger partial charge in [0.05, 0.1) is 6.10 Å². The molecule has 1 saturated heterocycles. The van der Waals surface area contributed by atoms with Crippen molar-refractivity contribution in [3.05, 3.63) is 35.9 Å². The fourth-order valence-electron chi connectivity index (χ4n) is 3.75. The quantitative estimate of drug-likeness (QED) is 0.817. The number of benzene rings is 1. The monoisotopic (exact) mass is 273 g/mol. The van der Waals surface area contributed by atoms with Crippen LogP contribution in [0.25, 0.3) is 0 Å². The van der Waals surface area contributed by atoms with E-state index in [1.165, 1.54) is 44.1 Å². The van der Waals surface area contributed by atoms with E-state index in [0.29, 0.717) is 12.1 Å². The smallest absolute Gasteiger partial charge is 0.0576 e. The fourth-order valence-corrected chi connectivity index (χ4v) is 3.75. The highest BCUT2D eigenvalue weighted by Crippen LogP contribution is 2.50. The van der Waals surface area contributed by atoms with Gasteiger partial charge in [0, 0.05) is 12.6 Å². The van der Waals surface area contributed by atoms with Crippen LogP contribution in [0.4, 0.5) is 0 Å². The first-order valence-corrected chi connectivity index (χ1v) is 8.22. The lowest BCUT2D eigenvalue weighted by Gasteiger charge is -2.17. The zero-order valence-corrected chi connectivity index (χ0v) is 12.6. The van der Waals surface area contributed by atoms with Crippen LogP contribution in [0, 0.1) is 5.92 Å². The second kappa shape index (κ2) is 6.73. The van der Waals surface area contributed by atoms with Gasteiger partial charge in [-0.25, -0.2) is 0 Å². The zero-order chi connectivity index (χ0) is 13.8. The van der Waals surface area contributed by atoms with E-state index >= 15 is 0 Å². The Morgan fingerprint density at radius 1 is 1.30 bits per heavy atom. The third-order valence-electron chi connectivity index (χ3n) is 5.02. The highest BCUT2D eigenvalue weighted by Gasteiger charge is 2.42. The van der Waals surface area contributed by atoms with Gasteiger partial charge in [-0.15, -0.1) is 0 Å². The molecular weight excluding hydrogens is 246 g/mol. The second-order valence-electron chi connectivity index (χ2n) is 6.38. The van der Waals surface area contributed by atoms with Gasteiger partial charge in [-0.1, -0.05) is 30.3 Å². The van der Waals surface area contributed by atoms with Crippen molar-refractivity contribution in [1.29, 1.82) is 0 Å². The Balaban J connectivity index is 1.43. The molecule has 20 heavy (non-hydrogen) atoms. The Morgan fingerprint density at radius 3 is 2.85 bits per heavy atom. The van der Waals surface area contributed by atoms with Crippen molar-refractivity contribution in [3.63, 3.8) is 0 Å². The standard InChI is InChI=1S/C18H27NO/c1-19-18(11-5-9-15-10-6-12-20-15)17-13-16(17)14-7-3-2-4-8-14/h2-4,7-8,15-19H,5-6,9-13H2,1H3. The SMILES string of the molecule is CNC(CCCC1CCCO1)C1CC1c1ccccc1. The molecule has 1 heterocycles. The zero-order valence-electron chi connectivity index (χ0n) is 12.6. The van der Waals surface area contributed by atoms with Gasteiger partial charge in [0.25, 0.3) is 0 Å². The highest BCUT2D eigenvalue weighted by atomic mass is 16.5. The minimum atomic E-state index is 0.552. The Kier molecular flexibility index (Phi) is 4.74. The maximum atomic E-state index is 5.71. The lowest BCUT2D eigenvalue weighted by atomic mass is 9.99. The van der Waals surface area contributed by atoms with E-state index < -0.39 is 0 Å². The summed E-state index contributed by atoms with van der Waals surface area (Å²) >= 11 is 0. The molecule has 1 aromatic rings. The summed E-state index contributed by atoms with van der Waals surface area (Å²) in [5.74, 6) is 1.63. The Hall–Kier alpha value is -0.860. The Labute approximate surface area is 122 Å². The van der Waals surface area contributed by atoms with Crippen molar-refractivity contribution in [2.45, 2.75) is 56.6 Å². The van der Waals surface area contributed by atoms with Crippen molar-refractivity contribution in [1.82, 2.24) is 5.32 Å². The van der Waals surface area contributed by atoms with Gasteiger partial charge in [0.1, 0.15) is 0 Å². The van der Waals surface area contributed by atoms with E-state index in [1.807, 2.05) is 0 Å². The predicted octanol–water partition coefficient (Wildman–Crippen LogP) is 3.73. The molecular formula is C18H27NO. The van der Waals surface area contributed by atoms with Crippen molar-refractivity contribution < 1.29 is 4.74 Å². The van der Waals surface area contributed by atoms with Crippen LogP contribution in [-0.2, 0) is 4.74 Å². The molecule has 2 aliphatic rings. The predicted molar refractivity (Wildman–Crippen MR) is 83.0 cm³/mol. The fraction of sp³-hybridized carbons (Fsp3) is 0.667. The van der Waals surface area contributed by atoms with E-state index in [4.69, 9.17) is 4.74 Å². The summed E-state index contributed by atoms with van der Waals surface area (Å²) in [6.45, 7) is 0.985. The van der Waals surface area contributed by atoms with Crippen molar-refractivity contribution in [3.8, 4) is 0 Å². The summed E-state index contributed by atoms with van der Waals surface area (Å²) in [7, 11) is 2.12. The largest absolute Gasteiger partial charge is 0.378 e. The number of hydrogen-bond acceptors (Lipinski definition) is 2. The van der Waals surface area contributed by atoms with Crippen LogP contribution in [0.2, 0.25) is 0 Å². The molecule has 0 spiro atoms. The third-order valence-corrected chi connectivity index (χ3v) is 5.02. The maximum Gasteiger partial charge on any atom is 0.0576 e. The Bertz CT molecular complexity index is 399. The van der Waals surface area contributed by atoms with Crippen molar-refractivity contribution in [2.24, 2.45) is 5.92 Å². The highest BCUT2D eigenvalue weighted by molar-refractivity contribution is 5.26. The van der Waals surface area contributed by atoms with Crippen LogP contribution >= 0.6 is 0 Å². The minimum absolute atomic E-state index is 0.552. The molecule has 2 fully saturated rings. The molecule has 0 amide bonds. The van der Waals surface area contributed by atoms with E-state index in [0.717, 1.165) is 18.4 Å². The molecule has 0 aromatic heterocycles. The first kappa shape index (κ1) is 14.1. The lowest BCUT2D eigenvalue weighted by molar-refractivity contribution is 0.101. The first-order valence-electron chi connectivity index (χ1n) is 8.22. The molecule has 0 radical (unpaired) electrons. The van der Waals surface area contributed by atoms with Crippen molar-refractivity contribution >= 4 is 0 Å². The molecule has 4 atom stereocenters. The lowest BCUT2D eigenvalue weighted by Crippen LogP contribution is -2.28. The number of rotatable bonds is 7. The third kappa shape index (κ3) is 3.42. The molecule has 1 aliphatic heterocycles. The number of nitrogens with one attached hydrogen (secondary N) is 1. The van der Waals surface area contributed by atoms with Gasteiger partial charge in [-0.05, 0) is 63.0 Å². The second-order valence-corrected chi connectivity index (χ2v) is 6.38. The summed E-state index contributed by atoms with van der Waals surface area (Å²) in [4.78, 5) is 0. The summed E-state index contributed by atoms with van der Waals surface area (Å²) in [5, 5.41) is 3.55. The van der Waals surface area contributed by atoms with Crippen LogP contribution < -0.4 is 5.32 Å². The Morgan fingerprint density at radius 2 is 2.15 bits per heavy atom. The average Bonchev–Trinajstić information content (AvgIpc) is 3.12. The summed E-state index contributed by atoms with van der Waals surface area (Å²) < 4.78 is 5.71. The van der Waals surface area contributed by atoms with Gasteiger partial charge >= 0.3 is 0 Å². The molecule has 1 aromatic carbocycles. The van der Waals surface area contributed by atoms with Gasteiger partial charge in [-0.2, -0.15) is 0 Å². The average molecular weight is 273 g/mol. The van der Waals surface area contributed by atoms with Crippen molar-refractivity contribution in [2.75, 3.05) is 13.7 Å². The molecule has 2 nitrogen and oxygen atoms in total. The van der Waals surface area contributed by atoms with Gasteiger partial charge in [0.15, 0.2) is 0 Å². The van der Waals surface area contributed by atoms with Crippen LogP contribution in [0.5, 0.6) is 0 Å². The van der Waals surface area contributed by atoms with E-state index in [9.17, 15) is 0 Å². The minimum Gasteiger partial charge on any atom is -0.378 e. The molecule has 1 saturated carbocycles. The van der Waals surface area contributed by atoms with Crippen LogP contribution in [0.15, 0.2) is 30.3 Å². The van der Waals surface area contributed by atoms with Gasteiger partial charge < -0.3 is 10.1 Å². The summed E-state index contributed by atoms with van der Waals surface area (Å²) in [6, 6.07) is 11.7. The normalized spacial score (nSPS) is 30.4. The molecule has 2 heteroatoms. The number of ether oxygens (including phenoxy) is 1. The molecule has 3 rings (SSSR count). The maximum absolute atomic E-state index is 5.71. The van der Waals surface area contributed by atoms with Gasteiger partial charge in [0.2, 0.25) is 0 Å². The molecule has 1 N–H and O–H groups in total. The van der Waals surface area contributed by atoms with E-state index in [1.54, 1.807) is 0 Å². The first-order chi connectivity index (χ1) is 9.88. The number of hydrogen-bond donors (Lipinski definition) is 1. The van der Waals surface area contributed by atoms with E-state index in [2.05, 4.69) is 42.7 Å². The van der Waals surface area contributed by atoms with Crippen LogP contribution in [-0.4, -0.2) is 25.8 Å². The summed E-state index contributed by atoms with van der Waals surface area (Å²) in [5.41, 5.74) is 1.52. The molecule has 1 aliphatic carbocycles. The molecule has 0 bridgehead atoms. The topological polar surface area (TPSA) is 21.3 Å². The van der Waals surface area contributed by atoms with E-state index in [-0.39, 0.29) is 0 Å². The van der Waals surface area contributed by atoms with Gasteiger partial charge in [-0.3, -0.25) is 0 Å². The molecule has 110 valence electrons.